The van der Waals surface area contributed by atoms with Crippen molar-refractivity contribution in [2.24, 2.45) is 0 Å². The zero-order valence-corrected chi connectivity index (χ0v) is 10.2. The van der Waals surface area contributed by atoms with E-state index in [0.29, 0.717) is 28.9 Å². The van der Waals surface area contributed by atoms with Gasteiger partial charge in [0.15, 0.2) is 0 Å². The van der Waals surface area contributed by atoms with E-state index in [-0.39, 0.29) is 0 Å². The Morgan fingerprint density at radius 1 is 1.00 bits per heavy atom. The van der Waals surface area contributed by atoms with Crippen molar-refractivity contribution in [3.63, 3.8) is 0 Å². The van der Waals surface area contributed by atoms with Crippen LogP contribution >= 0.6 is 0 Å². The minimum atomic E-state index is -4.42. The summed E-state index contributed by atoms with van der Waals surface area (Å²) in [7, 11) is 0. The van der Waals surface area contributed by atoms with Crippen molar-refractivity contribution in [2.75, 3.05) is 0 Å². The van der Waals surface area contributed by atoms with Crippen LogP contribution in [0.15, 0.2) is 36.4 Å². The van der Waals surface area contributed by atoms with E-state index in [9.17, 15) is 17.6 Å². The van der Waals surface area contributed by atoms with Crippen molar-refractivity contribution in [1.29, 1.82) is 0 Å². The molecule has 0 aliphatic carbocycles. The second kappa shape index (κ2) is 4.51. The summed E-state index contributed by atoms with van der Waals surface area (Å²) in [6.07, 6.45) is -4.10. The summed E-state index contributed by atoms with van der Waals surface area (Å²) in [5, 5.41) is 0. The van der Waals surface area contributed by atoms with Crippen LogP contribution in [0.5, 0.6) is 5.75 Å². The number of fused-ring (bicyclic) bond motifs is 1. The molecule has 1 nitrogen and oxygen atoms in total. The van der Waals surface area contributed by atoms with Gasteiger partial charge in [-0.2, -0.15) is 13.2 Å². The molecule has 0 amide bonds. The first-order valence-electron chi connectivity index (χ1n) is 5.93. The largest absolute Gasteiger partial charge is 0.485 e. The molecule has 0 unspecified atom stereocenters. The molecule has 1 aliphatic heterocycles. The first kappa shape index (κ1) is 13.0. The van der Waals surface area contributed by atoms with E-state index in [1.54, 1.807) is 0 Å². The third kappa shape index (κ3) is 2.24. The highest BCUT2D eigenvalue weighted by atomic mass is 19.4. The molecule has 0 fully saturated rings. The van der Waals surface area contributed by atoms with E-state index in [4.69, 9.17) is 4.74 Å². The van der Waals surface area contributed by atoms with E-state index in [2.05, 4.69) is 0 Å². The SMILES string of the molecule is Fc1ccc(-c2cc(C(F)(F)F)cc3c2O[CH]C3)cc1. The Morgan fingerprint density at radius 2 is 1.70 bits per heavy atom. The van der Waals surface area contributed by atoms with E-state index >= 15 is 0 Å². The molecule has 0 saturated heterocycles. The fourth-order valence-electron chi connectivity index (χ4n) is 2.20. The van der Waals surface area contributed by atoms with Gasteiger partial charge in [-0.05, 0) is 35.4 Å². The van der Waals surface area contributed by atoms with Gasteiger partial charge in [0.2, 0.25) is 0 Å². The van der Waals surface area contributed by atoms with Crippen LogP contribution in [0, 0.1) is 12.4 Å². The Hall–Kier alpha value is -2.04. The average molecular weight is 281 g/mol. The molecular formula is C15H9F4O. The summed E-state index contributed by atoms with van der Waals surface area (Å²) in [6.45, 7) is 1.46. The third-order valence-corrected chi connectivity index (χ3v) is 3.15. The zero-order chi connectivity index (χ0) is 14.3. The highest BCUT2D eigenvalue weighted by Crippen LogP contribution is 2.42. The quantitative estimate of drug-likeness (QED) is 0.694. The minimum Gasteiger partial charge on any atom is -0.485 e. The van der Waals surface area contributed by atoms with Crippen molar-refractivity contribution in [1.82, 2.24) is 0 Å². The van der Waals surface area contributed by atoms with Gasteiger partial charge in [-0.1, -0.05) is 12.1 Å². The maximum atomic E-state index is 12.9. The van der Waals surface area contributed by atoms with Gasteiger partial charge >= 0.3 is 6.18 Å². The maximum absolute atomic E-state index is 12.9. The summed E-state index contributed by atoms with van der Waals surface area (Å²) < 4.78 is 56.9. The van der Waals surface area contributed by atoms with Crippen molar-refractivity contribution in [3.8, 4) is 16.9 Å². The maximum Gasteiger partial charge on any atom is 0.416 e. The van der Waals surface area contributed by atoms with Gasteiger partial charge in [-0.25, -0.2) is 4.39 Å². The number of ether oxygens (including phenoxy) is 1. The van der Waals surface area contributed by atoms with Gasteiger partial charge in [0.25, 0.3) is 0 Å². The van der Waals surface area contributed by atoms with Crippen LogP contribution in [0.25, 0.3) is 11.1 Å². The predicted molar refractivity (Wildman–Crippen MR) is 65.5 cm³/mol. The van der Waals surface area contributed by atoms with E-state index < -0.39 is 17.6 Å². The molecule has 1 heterocycles. The van der Waals surface area contributed by atoms with Gasteiger partial charge in [-0.15, -0.1) is 0 Å². The Balaban J connectivity index is 2.19. The molecule has 20 heavy (non-hydrogen) atoms. The molecule has 5 heteroatoms. The first-order chi connectivity index (χ1) is 9.45. The summed E-state index contributed by atoms with van der Waals surface area (Å²) in [5.74, 6) is -0.0329. The first-order valence-corrected chi connectivity index (χ1v) is 5.93. The Labute approximate surface area is 112 Å². The van der Waals surface area contributed by atoms with Crippen molar-refractivity contribution < 1.29 is 22.3 Å². The van der Waals surface area contributed by atoms with Crippen LogP contribution in [0.1, 0.15) is 11.1 Å². The van der Waals surface area contributed by atoms with Crippen LogP contribution in [0.3, 0.4) is 0 Å². The molecule has 103 valence electrons. The lowest BCUT2D eigenvalue weighted by Gasteiger charge is -2.13. The smallest absolute Gasteiger partial charge is 0.416 e. The van der Waals surface area contributed by atoms with Crippen LogP contribution < -0.4 is 4.74 Å². The van der Waals surface area contributed by atoms with Gasteiger partial charge in [0, 0.05) is 12.0 Å². The van der Waals surface area contributed by atoms with E-state index in [0.717, 1.165) is 12.1 Å². The second-order valence-corrected chi connectivity index (χ2v) is 4.51. The third-order valence-electron chi connectivity index (χ3n) is 3.15. The molecule has 0 atom stereocenters. The lowest BCUT2D eigenvalue weighted by molar-refractivity contribution is -0.137. The highest BCUT2D eigenvalue weighted by Gasteiger charge is 2.33. The molecule has 0 aromatic heterocycles. The lowest BCUT2D eigenvalue weighted by Crippen LogP contribution is -2.05. The monoisotopic (exact) mass is 281 g/mol. The molecule has 2 aromatic rings. The lowest BCUT2D eigenvalue weighted by atomic mass is 9.97. The van der Waals surface area contributed by atoms with E-state index in [1.807, 2.05) is 0 Å². The normalized spacial score (nSPS) is 14.0. The number of alkyl halides is 3. The minimum absolute atomic E-state index is 0.323. The van der Waals surface area contributed by atoms with Crippen LogP contribution in [-0.4, -0.2) is 0 Å². The highest BCUT2D eigenvalue weighted by molar-refractivity contribution is 5.74. The topological polar surface area (TPSA) is 9.23 Å². The van der Waals surface area contributed by atoms with Gasteiger partial charge in [-0.3, -0.25) is 0 Å². The van der Waals surface area contributed by atoms with E-state index in [1.165, 1.54) is 30.9 Å². The summed E-state index contributed by atoms with van der Waals surface area (Å²) >= 11 is 0. The zero-order valence-electron chi connectivity index (χ0n) is 10.2. The summed E-state index contributed by atoms with van der Waals surface area (Å²) in [4.78, 5) is 0. The Kier molecular flexibility index (Phi) is 2.92. The predicted octanol–water partition coefficient (Wildman–Crippen LogP) is 4.61. The molecule has 2 aromatic carbocycles. The fourth-order valence-corrected chi connectivity index (χ4v) is 2.20. The van der Waals surface area contributed by atoms with Crippen molar-refractivity contribution in [2.45, 2.75) is 12.6 Å². The fraction of sp³-hybridized carbons (Fsp3) is 0.133. The number of benzene rings is 2. The Morgan fingerprint density at radius 3 is 2.35 bits per heavy atom. The molecule has 0 saturated carbocycles. The average Bonchev–Trinajstić information content (AvgIpc) is 2.85. The van der Waals surface area contributed by atoms with Crippen molar-refractivity contribution >= 4 is 0 Å². The van der Waals surface area contributed by atoms with Gasteiger partial charge < -0.3 is 4.74 Å². The number of hydrogen-bond donors (Lipinski definition) is 0. The molecular weight excluding hydrogens is 272 g/mol. The van der Waals surface area contributed by atoms with Crippen LogP contribution in [0.4, 0.5) is 17.6 Å². The van der Waals surface area contributed by atoms with Gasteiger partial charge in [0.05, 0.1) is 5.56 Å². The molecule has 3 rings (SSSR count). The molecule has 0 N–H and O–H groups in total. The summed E-state index contributed by atoms with van der Waals surface area (Å²) in [6, 6.07) is 7.41. The molecule has 1 aliphatic rings. The summed E-state index contributed by atoms with van der Waals surface area (Å²) in [5.41, 5.74) is 0.571. The molecule has 0 bridgehead atoms. The standard InChI is InChI=1S/C15H9F4O/c16-12-3-1-9(2-4-12)13-8-11(15(17,18)19)7-10-5-6-20-14(10)13/h1-4,6-8H,5H2. The van der Waals surface area contributed by atoms with Crippen LogP contribution in [-0.2, 0) is 12.6 Å². The van der Waals surface area contributed by atoms with Gasteiger partial charge in [0.1, 0.15) is 18.2 Å². The second-order valence-electron chi connectivity index (χ2n) is 4.51. The van der Waals surface area contributed by atoms with Crippen molar-refractivity contribution in [3.05, 3.63) is 59.9 Å². The number of rotatable bonds is 1. The van der Waals surface area contributed by atoms with Crippen LogP contribution in [0.2, 0.25) is 0 Å². The molecule has 0 spiro atoms. The number of hydrogen-bond acceptors (Lipinski definition) is 1. The molecule has 1 radical (unpaired) electrons. The Bertz CT molecular complexity index is 644. The number of halogens is 4.